The van der Waals surface area contributed by atoms with Crippen molar-refractivity contribution in [2.24, 2.45) is 0 Å². The summed E-state index contributed by atoms with van der Waals surface area (Å²) in [6, 6.07) is 21.9. The van der Waals surface area contributed by atoms with Gasteiger partial charge in [-0.1, -0.05) is 18.2 Å². The number of ether oxygens (including phenoxy) is 4. The SMILES string of the molecule is Cc1cc(Oc2c(C)cc(Oc3c(C)cc(Oc4c(C)cc(Oc5c(C)cccc5C)cc4C)cc3C)cc2C)cc(C)c1O. The molecule has 5 nitrogen and oxygen atoms in total. The molecular weight excluding hydrogens is 560 g/mol. The minimum absolute atomic E-state index is 0.295. The van der Waals surface area contributed by atoms with Crippen LogP contribution in [-0.2, 0) is 0 Å². The lowest BCUT2D eigenvalue weighted by Gasteiger charge is -2.19. The van der Waals surface area contributed by atoms with Crippen molar-refractivity contribution in [3.8, 4) is 51.7 Å². The van der Waals surface area contributed by atoms with E-state index >= 15 is 0 Å². The molecule has 5 aromatic rings. The van der Waals surface area contributed by atoms with E-state index in [2.05, 4.69) is 26.0 Å². The zero-order valence-electron chi connectivity index (χ0n) is 27.9. The van der Waals surface area contributed by atoms with Crippen LogP contribution in [0.4, 0.5) is 0 Å². The zero-order chi connectivity index (χ0) is 32.6. The molecule has 0 aliphatic carbocycles. The minimum atomic E-state index is 0.295. The van der Waals surface area contributed by atoms with Crippen LogP contribution in [-0.4, -0.2) is 5.11 Å². The summed E-state index contributed by atoms with van der Waals surface area (Å²) in [5, 5.41) is 10.1. The third kappa shape index (κ3) is 6.78. The first-order chi connectivity index (χ1) is 21.3. The van der Waals surface area contributed by atoms with Crippen molar-refractivity contribution in [3.05, 3.63) is 122 Å². The van der Waals surface area contributed by atoms with Gasteiger partial charge < -0.3 is 24.1 Å². The van der Waals surface area contributed by atoms with E-state index in [1.807, 2.05) is 110 Å². The summed E-state index contributed by atoms with van der Waals surface area (Å²) in [6.07, 6.45) is 0. The van der Waals surface area contributed by atoms with E-state index in [4.69, 9.17) is 18.9 Å². The topological polar surface area (TPSA) is 57.2 Å². The van der Waals surface area contributed by atoms with E-state index in [0.717, 1.165) is 95.9 Å². The predicted molar refractivity (Wildman–Crippen MR) is 182 cm³/mol. The van der Waals surface area contributed by atoms with Crippen LogP contribution in [0.1, 0.15) is 55.6 Å². The molecule has 5 heteroatoms. The molecule has 0 spiro atoms. The van der Waals surface area contributed by atoms with Gasteiger partial charge in [-0.05, 0) is 173 Å². The Bertz CT molecular complexity index is 1800. The van der Waals surface area contributed by atoms with E-state index in [1.165, 1.54) is 0 Å². The quantitative estimate of drug-likeness (QED) is 0.191. The van der Waals surface area contributed by atoms with Gasteiger partial charge in [0.05, 0.1) is 0 Å². The van der Waals surface area contributed by atoms with Gasteiger partial charge in [0, 0.05) is 0 Å². The molecule has 0 aliphatic rings. The molecule has 0 aliphatic heterocycles. The summed E-state index contributed by atoms with van der Waals surface area (Å²) in [6.45, 7) is 20.0. The number of hydrogen-bond acceptors (Lipinski definition) is 5. The first-order valence-electron chi connectivity index (χ1n) is 15.2. The Morgan fingerprint density at radius 3 is 0.822 bits per heavy atom. The molecule has 0 saturated heterocycles. The normalized spacial score (nSPS) is 11.0. The molecule has 0 radical (unpaired) electrons. The van der Waals surface area contributed by atoms with E-state index in [1.54, 1.807) is 0 Å². The van der Waals surface area contributed by atoms with Crippen LogP contribution in [0.25, 0.3) is 0 Å². The van der Waals surface area contributed by atoms with Gasteiger partial charge in [-0.3, -0.25) is 0 Å². The van der Waals surface area contributed by atoms with Crippen LogP contribution < -0.4 is 18.9 Å². The third-order valence-corrected chi connectivity index (χ3v) is 8.05. The Morgan fingerprint density at radius 2 is 0.556 bits per heavy atom. The molecule has 1 N–H and O–H groups in total. The summed E-state index contributed by atoms with van der Waals surface area (Å²) >= 11 is 0. The van der Waals surface area contributed by atoms with Crippen molar-refractivity contribution in [1.29, 1.82) is 0 Å². The number of para-hydroxylation sites is 1. The van der Waals surface area contributed by atoms with Crippen LogP contribution in [0, 0.1) is 69.2 Å². The van der Waals surface area contributed by atoms with E-state index in [9.17, 15) is 5.11 Å². The molecular formula is C40H42O5. The Labute approximate surface area is 267 Å². The Morgan fingerprint density at radius 1 is 0.333 bits per heavy atom. The van der Waals surface area contributed by atoms with Crippen LogP contribution in [0.2, 0.25) is 0 Å². The van der Waals surface area contributed by atoms with Gasteiger partial charge in [0.25, 0.3) is 0 Å². The molecule has 0 saturated carbocycles. The highest BCUT2D eigenvalue weighted by atomic mass is 16.5. The van der Waals surface area contributed by atoms with Crippen molar-refractivity contribution in [3.63, 3.8) is 0 Å². The number of benzene rings is 5. The average molecular weight is 603 g/mol. The minimum Gasteiger partial charge on any atom is -0.507 e. The molecule has 5 aromatic carbocycles. The first-order valence-corrected chi connectivity index (χ1v) is 15.2. The van der Waals surface area contributed by atoms with Crippen LogP contribution >= 0.6 is 0 Å². The number of phenolic OH excluding ortho intramolecular Hbond substituents is 1. The summed E-state index contributed by atoms with van der Waals surface area (Å²) in [5.41, 5.74) is 9.63. The van der Waals surface area contributed by atoms with Gasteiger partial charge in [0.15, 0.2) is 0 Å². The maximum atomic E-state index is 10.1. The van der Waals surface area contributed by atoms with Crippen molar-refractivity contribution in [1.82, 2.24) is 0 Å². The Balaban J connectivity index is 1.34. The summed E-state index contributed by atoms with van der Waals surface area (Å²) in [7, 11) is 0. The second kappa shape index (κ2) is 12.6. The second-order valence-electron chi connectivity index (χ2n) is 12.2. The van der Waals surface area contributed by atoms with Gasteiger partial charge in [0.2, 0.25) is 0 Å². The van der Waals surface area contributed by atoms with Crippen LogP contribution in [0.5, 0.6) is 51.7 Å². The molecule has 5 rings (SSSR count). The monoisotopic (exact) mass is 602 g/mol. The van der Waals surface area contributed by atoms with Gasteiger partial charge in [-0.2, -0.15) is 0 Å². The van der Waals surface area contributed by atoms with Gasteiger partial charge in [-0.15, -0.1) is 0 Å². The molecule has 0 fully saturated rings. The number of phenols is 1. The fourth-order valence-corrected chi connectivity index (χ4v) is 5.80. The van der Waals surface area contributed by atoms with Crippen molar-refractivity contribution >= 4 is 0 Å². The van der Waals surface area contributed by atoms with Gasteiger partial charge in [0.1, 0.15) is 51.7 Å². The first kappa shape index (κ1) is 31.5. The molecule has 0 aromatic heterocycles. The third-order valence-electron chi connectivity index (χ3n) is 8.05. The fourth-order valence-electron chi connectivity index (χ4n) is 5.80. The molecule has 0 unspecified atom stereocenters. The number of rotatable bonds is 8. The maximum Gasteiger partial charge on any atom is 0.133 e. The van der Waals surface area contributed by atoms with Gasteiger partial charge in [-0.25, -0.2) is 0 Å². The summed E-state index contributed by atoms with van der Waals surface area (Å²) in [5.74, 6) is 6.55. The van der Waals surface area contributed by atoms with Crippen molar-refractivity contribution in [2.75, 3.05) is 0 Å². The molecule has 0 amide bonds. The smallest absolute Gasteiger partial charge is 0.133 e. The number of hydrogen-bond donors (Lipinski definition) is 1. The van der Waals surface area contributed by atoms with Crippen molar-refractivity contribution < 1.29 is 24.1 Å². The number of aryl methyl sites for hydroxylation is 10. The lowest BCUT2D eigenvalue weighted by Crippen LogP contribution is -1.98. The summed E-state index contributed by atoms with van der Waals surface area (Å²) in [4.78, 5) is 0. The highest BCUT2D eigenvalue weighted by Crippen LogP contribution is 2.40. The zero-order valence-corrected chi connectivity index (χ0v) is 27.9. The fraction of sp³-hybridized carbons (Fsp3) is 0.250. The lowest BCUT2D eigenvalue weighted by atomic mass is 10.1. The van der Waals surface area contributed by atoms with Crippen LogP contribution in [0.15, 0.2) is 66.7 Å². The Kier molecular flexibility index (Phi) is 8.83. The largest absolute Gasteiger partial charge is 0.507 e. The van der Waals surface area contributed by atoms with Crippen molar-refractivity contribution in [2.45, 2.75) is 69.2 Å². The molecule has 232 valence electrons. The average Bonchev–Trinajstić information content (AvgIpc) is 2.95. The second-order valence-corrected chi connectivity index (χ2v) is 12.2. The standard InChI is InChI=1S/C40H42O5/c1-22-12-11-13-23(2)37(22)42-33-16-26(5)39(27(6)17-33)44-35-20-30(9)40(31(10)21-35)45-34-18-28(7)38(29(8)19-34)43-32-14-24(3)36(41)25(4)15-32/h11-21,41H,1-10H3. The summed E-state index contributed by atoms with van der Waals surface area (Å²) < 4.78 is 25.4. The van der Waals surface area contributed by atoms with Crippen LogP contribution in [0.3, 0.4) is 0 Å². The molecule has 0 atom stereocenters. The van der Waals surface area contributed by atoms with E-state index in [0.29, 0.717) is 11.5 Å². The molecule has 0 bridgehead atoms. The van der Waals surface area contributed by atoms with E-state index in [-0.39, 0.29) is 0 Å². The maximum absolute atomic E-state index is 10.1. The Hall–Kier alpha value is -4.90. The molecule has 45 heavy (non-hydrogen) atoms. The van der Waals surface area contributed by atoms with E-state index < -0.39 is 0 Å². The highest BCUT2D eigenvalue weighted by molar-refractivity contribution is 5.55. The number of aromatic hydroxyl groups is 1. The van der Waals surface area contributed by atoms with Gasteiger partial charge >= 0.3 is 0 Å². The lowest BCUT2D eigenvalue weighted by molar-refractivity contribution is 0.447. The molecule has 0 heterocycles. The predicted octanol–water partition coefficient (Wildman–Crippen LogP) is 11.6. The highest BCUT2D eigenvalue weighted by Gasteiger charge is 2.16.